The fraction of sp³-hybridized carbons (Fsp3) is 0.160. The van der Waals surface area contributed by atoms with E-state index in [0.29, 0.717) is 16.4 Å². The number of aliphatic hydroxyl groups excluding tert-OH is 1. The molecule has 0 aliphatic carbocycles. The van der Waals surface area contributed by atoms with Crippen LogP contribution in [0.1, 0.15) is 22.9 Å². The van der Waals surface area contributed by atoms with Crippen LogP contribution >= 0.6 is 11.6 Å². The molecule has 2 heterocycles. The number of aryl methyl sites for hydroxylation is 1. The number of Topliss-reactive ketones (excluding diaryl/α,β-unsaturated/α-hetero) is 1. The largest absolute Gasteiger partial charge is 0.506 e. The first-order valence-corrected chi connectivity index (χ1v) is 10.5. The van der Waals surface area contributed by atoms with E-state index in [1.54, 1.807) is 60.8 Å². The van der Waals surface area contributed by atoms with Crippen LogP contribution in [0.15, 0.2) is 66.4 Å². The first-order valence-electron chi connectivity index (χ1n) is 10.1. The highest BCUT2D eigenvalue weighted by molar-refractivity contribution is 6.52. The van der Waals surface area contributed by atoms with Gasteiger partial charge in [-0.05, 0) is 48.9 Å². The molecule has 1 atom stereocenters. The summed E-state index contributed by atoms with van der Waals surface area (Å²) in [5, 5.41) is 11.8. The number of aliphatic hydroxyl groups is 1. The Hall–Kier alpha value is -3.84. The number of ether oxygens (including phenoxy) is 2. The van der Waals surface area contributed by atoms with E-state index >= 15 is 0 Å². The maximum absolute atomic E-state index is 13.3. The molecule has 3 aromatic rings. The Morgan fingerprint density at radius 1 is 1.03 bits per heavy atom. The molecule has 4 rings (SSSR count). The number of hydrogen-bond donors (Lipinski definition) is 1. The number of amides is 1. The zero-order valence-corrected chi connectivity index (χ0v) is 19.0. The van der Waals surface area contributed by atoms with Crippen LogP contribution in [0.3, 0.4) is 0 Å². The molecule has 0 radical (unpaired) electrons. The van der Waals surface area contributed by atoms with E-state index in [9.17, 15) is 14.7 Å². The quantitative estimate of drug-likeness (QED) is 0.335. The van der Waals surface area contributed by atoms with Gasteiger partial charge in [0.05, 0.1) is 25.5 Å². The van der Waals surface area contributed by atoms with Gasteiger partial charge in [-0.15, -0.1) is 0 Å². The lowest BCUT2D eigenvalue weighted by Gasteiger charge is -2.26. The molecule has 0 saturated carbocycles. The molecule has 0 bridgehead atoms. The Labute approximate surface area is 195 Å². The number of hydrogen-bond acceptors (Lipinski definition) is 6. The van der Waals surface area contributed by atoms with Crippen LogP contribution in [0.5, 0.6) is 11.5 Å². The lowest BCUT2D eigenvalue weighted by molar-refractivity contribution is -0.132. The lowest BCUT2D eigenvalue weighted by atomic mass is 9.97. The molecule has 8 heteroatoms. The second-order valence-electron chi connectivity index (χ2n) is 7.39. The van der Waals surface area contributed by atoms with Crippen LogP contribution in [0.4, 0.5) is 5.69 Å². The molecule has 0 spiro atoms. The second kappa shape index (κ2) is 8.96. The zero-order valence-electron chi connectivity index (χ0n) is 18.2. The third kappa shape index (κ3) is 3.81. The minimum Gasteiger partial charge on any atom is -0.506 e. The van der Waals surface area contributed by atoms with E-state index in [0.717, 1.165) is 5.56 Å². The molecule has 1 aliphatic rings. The van der Waals surface area contributed by atoms with Crippen molar-refractivity contribution in [2.45, 2.75) is 13.0 Å². The summed E-state index contributed by atoms with van der Waals surface area (Å²) in [4.78, 5) is 32.3. The zero-order chi connectivity index (χ0) is 23.7. The van der Waals surface area contributed by atoms with Gasteiger partial charge in [-0.3, -0.25) is 19.5 Å². The molecule has 7 nitrogen and oxygen atoms in total. The summed E-state index contributed by atoms with van der Waals surface area (Å²) in [6, 6.07) is 14.2. The molecule has 1 aliphatic heterocycles. The van der Waals surface area contributed by atoms with Gasteiger partial charge in [-0.2, -0.15) is 0 Å². The Kier molecular flexibility index (Phi) is 6.07. The van der Waals surface area contributed by atoms with Crippen molar-refractivity contribution in [3.05, 3.63) is 88.2 Å². The predicted molar refractivity (Wildman–Crippen MR) is 125 cm³/mol. The average Bonchev–Trinajstić information content (AvgIpc) is 3.10. The summed E-state index contributed by atoms with van der Waals surface area (Å²) >= 11 is 6.21. The third-order valence-electron chi connectivity index (χ3n) is 5.51. The van der Waals surface area contributed by atoms with Crippen molar-refractivity contribution in [3.8, 4) is 11.5 Å². The third-order valence-corrected chi connectivity index (χ3v) is 5.74. The van der Waals surface area contributed by atoms with Crippen LogP contribution in [0.25, 0.3) is 5.76 Å². The van der Waals surface area contributed by atoms with Crippen LogP contribution in [0, 0.1) is 6.92 Å². The number of ketones is 1. The predicted octanol–water partition coefficient (Wildman–Crippen LogP) is 4.69. The number of methoxy groups -OCH3 is 2. The van der Waals surface area contributed by atoms with Gasteiger partial charge < -0.3 is 14.6 Å². The molecular weight excluding hydrogens is 444 g/mol. The SMILES string of the molecule is COc1cccc(OC)c1/C(O)=C1\C(=O)C(=O)N(c2cc(Cl)ccc2C)C1c1ccccn1. The minimum absolute atomic E-state index is 0.124. The Morgan fingerprint density at radius 3 is 2.33 bits per heavy atom. The van der Waals surface area contributed by atoms with Crippen molar-refractivity contribution in [2.75, 3.05) is 19.1 Å². The van der Waals surface area contributed by atoms with E-state index in [1.807, 2.05) is 6.92 Å². The summed E-state index contributed by atoms with van der Waals surface area (Å²) < 4.78 is 10.8. The highest BCUT2D eigenvalue weighted by Crippen LogP contribution is 2.45. The molecule has 1 N–H and O–H groups in total. The molecule has 33 heavy (non-hydrogen) atoms. The van der Waals surface area contributed by atoms with Crippen molar-refractivity contribution >= 4 is 34.7 Å². The second-order valence-corrected chi connectivity index (χ2v) is 7.83. The lowest BCUT2D eigenvalue weighted by Crippen LogP contribution is -2.30. The van der Waals surface area contributed by atoms with E-state index in [2.05, 4.69) is 4.98 Å². The molecule has 1 unspecified atom stereocenters. The van der Waals surface area contributed by atoms with Gasteiger partial charge in [-0.25, -0.2) is 0 Å². The number of halogens is 1. The average molecular weight is 465 g/mol. The van der Waals surface area contributed by atoms with Crippen molar-refractivity contribution in [3.63, 3.8) is 0 Å². The normalized spacial score (nSPS) is 17.3. The fourth-order valence-corrected chi connectivity index (χ4v) is 4.13. The van der Waals surface area contributed by atoms with E-state index in [4.69, 9.17) is 21.1 Å². The minimum atomic E-state index is -0.988. The summed E-state index contributed by atoms with van der Waals surface area (Å²) in [5.41, 5.74) is 1.64. The fourth-order valence-electron chi connectivity index (χ4n) is 3.96. The number of pyridine rings is 1. The Bertz CT molecular complexity index is 1250. The standard InChI is InChI=1S/C25H21ClN2O5/c1-14-10-11-15(26)13-17(14)28-22(16-7-4-5-12-27-16)21(24(30)25(28)31)23(29)20-18(32-2)8-6-9-19(20)33-3/h4-13,22,29H,1-3H3/b23-21+. The van der Waals surface area contributed by atoms with Crippen molar-refractivity contribution in [1.82, 2.24) is 4.98 Å². The number of anilines is 1. The van der Waals surface area contributed by atoms with E-state index in [-0.39, 0.29) is 22.6 Å². The van der Waals surface area contributed by atoms with Crippen LogP contribution in [0.2, 0.25) is 5.02 Å². The monoisotopic (exact) mass is 464 g/mol. The van der Waals surface area contributed by atoms with Crippen molar-refractivity contribution in [2.24, 2.45) is 0 Å². The Balaban J connectivity index is 2.03. The van der Waals surface area contributed by atoms with Gasteiger partial charge in [0.15, 0.2) is 0 Å². The van der Waals surface area contributed by atoms with Gasteiger partial charge >= 0.3 is 0 Å². The number of rotatable bonds is 5. The van der Waals surface area contributed by atoms with Crippen LogP contribution in [-0.2, 0) is 9.59 Å². The summed E-state index contributed by atoms with van der Waals surface area (Å²) in [6.45, 7) is 1.81. The highest BCUT2D eigenvalue weighted by atomic mass is 35.5. The van der Waals surface area contributed by atoms with Crippen LogP contribution in [-0.4, -0.2) is 36.0 Å². The van der Waals surface area contributed by atoms with Gasteiger partial charge in [0, 0.05) is 16.9 Å². The summed E-state index contributed by atoms with van der Waals surface area (Å²) in [5.74, 6) is -1.49. The number of aromatic nitrogens is 1. The van der Waals surface area contributed by atoms with Crippen molar-refractivity contribution < 1.29 is 24.2 Å². The first-order chi connectivity index (χ1) is 15.9. The van der Waals surface area contributed by atoms with Gasteiger partial charge in [0.2, 0.25) is 0 Å². The molecule has 168 valence electrons. The highest BCUT2D eigenvalue weighted by Gasteiger charge is 2.48. The van der Waals surface area contributed by atoms with Gasteiger partial charge in [0.25, 0.3) is 11.7 Å². The number of benzene rings is 2. The molecule has 1 fully saturated rings. The molecular formula is C25H21ClN2O5. The van der Waals surface area contributed by atoms with Gasteiger partial charge in [0.1, 0.15) is 28.9 Å². The molecule has 1 saturated heterocycles. The van der Waals surface area contributed by atoms with E-state index < -0.39 is 23.5 Å². The summed E-state index contributed by atoms with van der Waals surface area (Å²) in [7, 11) is 2.88. The smallest absolute Gasteiger partial charge is 0.300 e. The number of carbonyl (C=O) groups is 2. The maximum Gasteiger partial charge on any atom is 0.300 e. The molecule has 1 aromatic heterocycles. The molecule has 2 aromatic carbocycles. The summed E-state index contributed by atoms with van der Waals surface area (Å²) in [6.07, 6.45) is 1.56. The van der Waals surface area contributed by atoms with Gasteiger partial charge in [-0.1, -0.05) is 29.8 Å². The first kappa shape index (κ1) is 22.4. The van der Waals surface area contributed by atoms with Crippen LogP contribution < -0.4 is 14.4 Å². The maximum atomic E-state index is 13.3. The van der Waals surface area contributed by atoms with E-state index in [1.165, 1.54) is 19.1 Å². The topological polar surface area (TPSA) is 89.0 Å². The number of nitrogens with zero attached hydrogens (tertiary/aromatic N) is 2. The Morgan fingerprint density at radius 2 is 1.73 bits per heavy atom. The molecule has 1 amide bonds. The number of carbonyl (C=O) groups excluding carboxylic acids is 2. The van der Waals surface area contributed by atoms with Crippen molar-refractivity contribution in [1.29, 1.82) is 0 Å².